The Morgan fingerprint density at radius 1 is 1.22 bits per heavy atom. The Morgan fingerprint density at radius 3 is 2.72 bits per heavy atom. The van der Waals surface area contributed by atoms with Crippen LogP contribution >= 0.6 is 0 Å². The molecule has 3 N–H and O–H groups in total. The summed E-state index contributed by atoms with van der Waals surface area (Å²) in [7, 11) is 0. The minimum absolute atomic E-state index is 0.499. The van der Waals surface area contributed by atoms with Crippen molar-refractivity contribution >= 4 is 0 Å². The zero-order valence-corrected chi connectivity index (χ0v) is 11.9. The van der Waals surface area contributed by atoms with Crippen LogP contribution in [0.1, 0.15) is 64.7 Å². The zero-order chi connectivity index (χ0) is 12.8. The molecule has 0 amide bonds. The first-order valence-electron chi connectivity index (χ1n) is 7.92. The molecule has 3 nitrogen and oxygen atoms in total. The van der Waals surface area contributed by atoms with Crippen LogP contribution in [0.25, 0.3) is 0 Å². The number of hydrazine groups is 1. The van der Waals surface area contributed by atoms with E-state index >= 15 is 0 Å². The average Bonchev–Trinajstić information content (AvgIpc) is 2.93. The Hall–Kier alpha value is -0.120. The number of rotatable bonds is 6. The molecule has 4 atom stereocenters. The van der Waals surface area contributed by atoms with Gasteiger partial charge in [0.2, 0.25) is 0 Å². The Labute approximate surface area is 112 Å². The molecule has 18 heavy (non-hydrogen) atoms. The van der Waals surface area contributed by atoms with Crippen LogP contribution in [-0.2, 0) is 4.74 Å². The summed E-state index contributed by atoms with van der Waals surface area (Å²) >= 11 is 0. The third kappa shape index (κ3) is 3.69. The Balaban J connectivity index is 1.81. The Morgan fingerprint density at radius 2 is 2.06 bits per heavy atom. The van der Waals surface area contributed by atoms with Crippen molar-refractivity contribution in [2.24, 2.45) is 17.7 Å². The highest BCUT2D eigenvalue weighted by atomic mass is 16.5. The summed E-state index contributed by atoms with van der Waals surface area (Å²) in [4.78, 5) is 0. The average molecular weight is 254 g/mol. The topological polar surface area (TPSA) is 47.3 Å². The van der Waals surface area contributed by atoms with Crippen LogP contribution in [-0.4, -0.2) is 18.8 Å². The number of nitrogens with two attached hydrogens (primary N) is 1. The summed E-state index contributed by atoms with van der Waals surface area (Å²) in [6.07, 6.45) is 12.2. The van der Waals surface area contributed by atoms with Gasteiger partial charge in [-0.15, -0.1) is 0 Å². The molecule has 0 aromatic rings. The zero-order valence-electron chi connectivity index (χ0n) is 11.9. The molecule has 1 saturated heterocycles. The van der Waals surface area contributed by atoms with E-state index in [1.54, 1.807) is 0 Å². The van der Waals surface area contributed by atoms with Gasteiger partial charge in [0.15, 0.2) is 0 Å². The van der Waals surface area contributed by atoms with E-state index in [2.05, 4.69) is 12.3 Å². The highest BCUT2D eigenvalue weighted by molar-refractivity contribution is 4.84. The predicted octanol–water partition coefficient (Wildman–Crippen LogP) is 2.99. The van der Waals surface area contributed by atoms with Crippen LogP contribution in [0.2, 0.25) is 0 Å². The fourth-order valence-corrected chi connectivity index (χ4v) is 3.93. The summed E-state index contributed by atoms with van der Waals surface area (Å²) in [6.45, 7) is 3.29. The van der Waals surface area contributed by atoms with Crippen LogP contribution in [0.3, 0.4) is 0 Å². The molecule has 4 unspecified atom stereocenters. The van der Waals surface area contributed by atoms with E-state index in [0.29, 0.717) is 12.1 Å². The van der Waals surface area contributed by atoms with Crippen molar-refractivity contribution in [3.63, 3.8) is 0 Å². The van der Waals surface area contributed by atoms with Gasteiger partial charge in [0.05, 0.1) is 6.10 Å². The van der Waals surface area contributed by atoms with Gasteiger partial charge in [-0.1, -0.05) is 32.6 Å². The molecular formula is C15H30N2O. The molecule has 2 fully saturated rings. The first-order chi connectivity index (χ1) is 8.85. The Bertz CT molecular complexity index is 229. The molecule has 0 bridgehead atoms. The molecule has 2 rings (SSSR count). The maximum Gasteiger partial charge on any atom is 0.0576 e. The molecular weight excluding hydrogens is 224 g/mol. The fourth-order valence-electron chi connectivity index (χ4n) is 3.93. The van der Waals surface area contributed by atoms with Gasteiger partial charge in [-0.05, 0) is 43.9 Å². The van der Waals surface area contributed by atoms with Crippen LogP contribution in [0.5, 0.6) is 0 Å². The maximum atomic E-state index is 5.81. The molecule has 2 aliphatic rings. The molecule has 3 heteroatoms. The van der Waals surface area contributed by atoms with Gasteiger partial charge in [0.1, 0.15) is 0 Å². The van der Waals surface area contributed by atoms with Crippen molar-refractivity contribution in [2.75, 3.05) is 6.61 Å². The normalized spacial score (nSPS) is 34.7. The fraction of sp³-hybridized carbons (Fsp3) is 1.00. The lowest BCUT2D eigenvalue weighted by Crippen LogP contribution is -2.45. The van der Waals surface area contributed by atoms with Crippen molar-refractivity contribution in [3.8, 4) is 0 Å². The van der Waals surface area contributed by atoms with Crippen LogP contribution in [0, 0.1) is 11.8 Å². The maximum absolute atomic E-state index is 5.81. The van der Waals surface area contributed by atoms with E-state index in [-0.39, 0.29) is 0 Å². The van der Waals surface area contributed by atoms with E-state index in [4.69, 9.17) is 10.6 Å². The lowest BCUT2D eigenvalue weighted by molar-refractivity contribution is 0.0904. The largest absolute Gasteiger partial charge is 0.378 e. The van der Waals surface area contributed by atoms with Crippen LogP contribution < -0.4 is 11.3 Å². The summed E-state index contributed by atoms with van der Waals surface area (Å²) in [6, 6.07) is 0.499. The van der Waals surface area contributed by atoms with Gasteiger partial charge < -0.3 is 4.74 Å². The lowest BCUT2D eigenvalue weighted by atomic mass is 9.73. The molecule has 0 spiro atoms. The Kier molecular flexibility index (Phi) is 5.93. The second kappa shape index (κ2) is 7.46. The van der Waals surface area contributed by atoms with Gasteiger partial charge in [-0.3, -0.25) is 11.3 Å². The summed E-state index contributed by atoms with van der Waals surface area (Å²) in [5.41, 5.74) is 3.10. The minimum atomic E-state index is 0.499. The van der Waals surface area contributed by atoms with Crippen molar-refractivity contribution in [3.05, 3.63) is 0 Å². The lowest BCUT2D eigenvalue weighted by Gasteiger charge is -2.37. The van der Waals surface area contributed by atoms with E-state index in [1.807, 2.05) is 0 Å². The predicted molar refractivity (Wildman–Crippen MR) is 75.1 cm³/mol. The molecule has 1 saturated carbocycles. The number of ether oxygens (including phenoxy) is 1. The van der Waals surface area contributed by atoms with Crippen molar-refractivity contribution in [1.82, 2.24) is 5.43 Å². The van der Waals surface area contributed by atoms with Gasteiger partial charge in [-0.25, -0.2) is 0 Å². The van der Waals surface area contributed by atoms with Crippen molar-refractivity contribution < 1.29 is 4.74 Å². The van der Waals surface area contributed by atoms with Gasteiger partial charge >= 0.3 is 0 Å². The minimum Gasteiger partial charge on any atom is -0.378 e. The highest BCUT2D eigenvalue weighted by Gasteiger charge is 2.30. The number of hydrogen-bond donors (Lipinski definition) is 2. The van der Waals surface area contributed by atoms with Crippen molar-refractivity contribution in [2.45, 2.75) is 76.9 Å². The summed E-state index contributed by atoms with van der Waals surface area (Å²) < 4.78 is 5.72. The standard InChI is InChI=1S/C15H30N2O/c1-2-12-6-3-4-8-14(12)15(17-16)10-9-13-7-5-11-18-13/h12-15,17H,2-11,16H2,1H3. The molecule has 0 radical (unpaired) electrons. The quantitative estimate of drug-likeness (QED) is 0.566. The molecule has 1 aliphatic carbocycles. The monoisotopic (exact) mass is 254 g/mol. The van der Waals surface area contributed by atoms with Gasteiger partial charge in [0, 0.05) is 12.6 Å². The number of nitrogens with one attached hydrogen (secondary N) is 1. The first-order valence-corrected chi connectivity index (χ1v) is 7.92. The molecule has 1 heterocycles. The second-order valence-electron chi connectivity index (χ2n) is 6.10. The van der Waals surface area contributed by atoms with E-state index < -0.39 is 0 Å². The van der Waals surface area contributed by atoms with E-state index in [1.165, 1.54) is 57.8 Å². The molecule has 106 valence electrons. The summed E-state index contributed by atoms with van der Waals surface area (Å²) in [5.74, 6) is 7.48. The molecule has 1 aliphatic heterocycles. The van der Waals surface area contributed by atoms with Gasteiger partial charge in [0.25, 0.3) is 0 Å². The molecule has 0 aromatic heterocycles. The molecule has 0 aromatic carbocycles. The van der Waals surface area contributed by atoms with Gasteiger partial charge in [-0.2, -0.15) is 0 Å². The number of hydrogen-bond acceptors (Lipinski definition) is 3. The SMILES string of the molecule is CCC1CCCCC1C(CCC1CCCO1)NN. The smallest absolute Gasteiger partial charge is 0.0576 e. The van der Waals surface area contributed by atoms with Crippen LogP contribution in [0.15, 0.2) is 0 Å². The first kappa shape index (κ1) is 14.3. The second-order valence-corrected chi connectivity index (χ2v) is 6.10. The van der Waals surface area contributed by atoms with E-state index in [9.17, 15) is 0 Å². The highest BCUT2D eigenvalue weighted by Crippen LogP contribution is 2.36. The third-order valence-corrected chi connectivity index (χ3v) is 5.05. The van der Waals surface area contributed by atoms with Crippen LogP contribution in [0.4, 0.5) is 0 Å². The third-order valence-electron chi connectivity index (χ3n) is 5.05. The summed E-state index contributed by atoms with van der Waals surface area (Å²) in [5, 5.41) is 0. The van der Waals surface area contributed by atoms with Crippen molar-refractivity contribution in [1.29, 1.82) is 0 Å². The van der Waals surface area contributed by atoms with E-state index in [0.717, 1.165) is 18.4 Å².